The lowest BCUT2D eigenvalue weighted by atomic mass is 9.96. The fourth-order valence-electron chi connectivity index (χ4n) is 2.68. The number of nitrogens with one attached hydrogen (secondary N) is 1. The molecule has 1 saturated carbocycles. The first-order valence-corrected chi connectivity index (χ1v) is 10.1. The molecule has 1 heterocycles. The smallest absolute Gasteiger partial charge is 0.240 e. The topological polar surface area (TPSA) is 66.4 Å². The third kappa shape index (κ3) is 3.32. The molecule has 0 radical (unpaired) electrons. The highest BCUT2D eigenvalue weighted by molar-refractivity contribution is 7.89. The van der Waals surface area contributed by atoms with E-state index < -0.39 is 15.6 Å². The molecule has 1 aliphatic carbocycles. The van der Waals surface area contributed by atoms with Crippen LogP contribution in [-0.2, 0) is 15.6 Å². The molecule has 0 amide bonds. The molecule has 124 valence electrons. The third-order valence-corrected chi connectivity index (χ3v) is 7.23. The van der Waals surface area contributed by atoms with E-state index in [1.54, 1.807) is 19.1 Å². The Kier molecular flexibility index (Phi) is 4.55. The highest BCUT2D eigenvalue weighted by Crippen LogP contribution is 2.46. The molecule has 0 aliphatic heterocycles. The summed E-state index contributed by atoms with van der Waals surface area (Å²) < 4.78 is 27.7. The van der Waals surface area contributed by atoms with Crippen LogP contribution in [0.5, 0.6) is 0 Å². The summed E-state index contributed by atoms with van der Waals surface area (Å²) in [5, 5.41) is 13.3. The zero-order valence-electron chi connectivity index (χ0n) is 12.6. The Bertz CT molecular complexity index is 801. The van der Waals surface area contributed by atoms with Gasteiger partial charge in [-0.05, 0) is 54.8 Å². The third-order valence-electron chi connectivity index (χ3n) is 4.24. The monoisotopic (exact) mass is 371 g/mol. The van der Waals surface area contributed by atoms with Crippen molar-refractivity contribution in [2.45, 2.75) is 30.3 Å². The van der Waals surface area contributed by atoms with E-state index in [1.165, 1.54) is 17.4 Å². The summed E-state index contributed by atoms with van der Waals surface area (Å²) in [5.74, 6) is 0.101. The molecule has 4 nitrogen and oxygen atoms in total. The first-order valence-electron chi connectivity index (χ1n) is 7.36. The van der Waals surface area contributed by atoms with Crippen molar-refractivity contribution < 1.29 is 13.5 Å². The molecular weight excluding hydrogens is 354 g/mol. The van der Waals surface area contributed by atoms with Gasteiger partial charge in [0.05, 0.1) is 4.90 Å². The van der Waals surface area contributed by atoms with Crippen molar-refractivity contribution in [1.82, 2.24) is 4.72 Å². The number of hydrogen-bond donors (Lipinski definition) is 2. The van der Waals surface area contributed by atoms with Gasteiger partial charge in [-0.1, -0.05) is 23.7 Å². The standard InChI is InChI=1S/C16H18ClNO3S2/c1-11-13(17)4-2-5-14(11)23(20,21)18-10-16(19,12-7-8-12)15-6-3-9-22-15/h2-6,9,12,18-19H,7-8,10H2,1H3/t16-/m0/s1. The lowest BCUT2D eigenvalue weighted by Crippen LogP contribution is -2.42. The summed E-state index contributed by atoms with van der Waals surface area (Å²) in [6.45, 7) is 1.63. The normalized spacial score (nSPS) is 17.9. The van der Waals surface area contributed by atoms with Crippen LogP contribution >= 0.6 is 22.9 Å². The van der Waals surface area contributed by atoms with E-state index in [4.69, 9.17) is 11.6 Å². The van der Waals surface area contributed by atoms with Crippen molar-refractivity contribution in [2.75, 3.05) is 6.54 Å². The second kappa shape index (κ2) is 6.18. The van der Waals surface area contributed by atoms with Crippen LogP contribution in [0.15, 0.2) is 40.6 Å². The van der Waals surface area contributed by atoms with Crippen molar-refractivity contribution in [2.24, 2.45) is 5.92 Å². The van der Waals surface area contributed by atoms with Crippen LogP contribution in [-0.4, -0.2) is 20.1 Å². The Hall–Kier alpha value is -0.920. The molecule has 1 aromatic heterocycles. The molecule has 2 aromatic rings. The number of aliphatic hydroxyl groups is 1. The predicted octanol–water partition coefficient (Wildman–Crippen LogP) is 3.29. The first-order chi connectivity index (χ1) is 10.8. The number of benzene rings is 1. The minimum absolute atomic E-state index is 0.0353. The summed E-state index contributed by atoms with van der Waals surface area (Å²) in [6.07, 6.45) is 1.82. The van der Waals surface area contributed by atoms with Gasteiger partial charge in [0, 0.05) is 16.4 Å². The Morgan fingerprint density at radius 2 is 2.09 bits per heavy atom. The predicted molar refractivity (Wildman–Crippen MR) is 92.3 cm³/mol. The maximum Gasteiger partial charge on any atom is 0.240 e. The van der Waals surface area contributed by atoms with Crippen molar-refractivity contribution in [3.8, 4) is 0 Å². The average molecular weight is 372 g/mol. The van der Waals surface area contributed by atoms with Crippen molar-refractivity contribution in [3.05, 3.63) is 51.2 Å². The van der Waals surface area contributed by atoms with Gasteiger partial charge in [0.15, 0.2) is 0 Å². The second-order valence-electron chi connectivity index (χ2n) is 5.86. The first kappa shape index (κ1) is 16.9. The van der Waals surface area contributed by atoms with E-state index in [2.05, 4.69) is 4.72 Å². The van der Waals surface area contributed by atoms with E-state index in [-0.39, 0.29) is 17.4 Å². The maximum atomic E-state index is 12.6. The van der Waals surface area contributed by atoms with E-state index in [0.29, 0.717) is 10.6 Å². The number of halogens is 1. The highest BCUT2D eigenvalue weighted by Gasteiger charge is 2.46. The molecule has 1 atom stereocenters. The zero-order chi connectivity index (χ0) is 16.7. The second-order valence-corrected chi connectivity index (χ2v) is 8.95. The largest absolute Gasteiger partial charge is 0.383 e. The van der Waals surface area contributed by atoms with Gasteiger partial charge in [0.25, 0.3) is 0 Å². The molecule has 0 saturated heterocycles. The molecule has 1 aromatic carbocycles. The molecule has 2 N–H and O–H groups in total. The number of sulfonamides is 1. The Morgan fingerprint density at radius 1 is 1.35 bits per heavy atom. The SMILES string of the molecule is Cc1c(Cl)cccc1S(=O)(=O)NC[C@@](O)(c1cccs1)C1CC1. The maximum absolute atomic E-state index is 12.6. The minimum atomic E-state index is -3.73. The van der Waals surface area contributed by atoms with E-state index in [0.717, 1.165) is 17.7 Å². The fraction of sp³-hybridized carbons (Fsp3) is 0.375. The van der Waals surface area contributed by atoms with Crippen LogP contribution in [0.2, 0.25) is 5.02 Å². The van der Waals surface area contributed by atoms with Crippen LogP contribution in [0.1, 0.15) is 23.3 Å². The molecule has 7 heteroatoms. The Labute approximate surface area is 145 Å². The summed E-state index contributed by atoms with van der Waals surface area (Å²) in [5.41, 5.74) is -0.638. The van der Waals surface area contributed by atoms with Crippen molar-refractivity contribution in [1.29, 1.82) is 0 Å². The van der Waals surface area contributed by atoms with Gasteiger partial charge < -0.3 is 5.11 Å². The summed E-state index contributed by atoms with van der Waals surface area (Å²) >= 11 is 7.46. The highest BCUT2D eigenvalue weighted by atomic mass is 35.5. The summed E-state index contributed by atoms with van der Waals surface area (Å²) in [6, 6.07) is 8.49. The fourth-order valence-corrected chi connectivity index (χ4v) is 5.15. The van der Waals surface area contributed by atoms with Crippen molar-refractivity contribution >= 4 is 33.0 Å². The molecule has 3 rings (SSSR count). The molecule has 1 aliphatic rings. The molecule has 0 bridgehead atoms. The average Bonchev–Trinajstić information content (AvgIpc) is 3.23. The van der Waals surface area contributed by atoms with E-state index in [1.807, 2.05) is 17.5 Å². The lowest BCUT2D eigenvalue weighted by molar-refractivity contribution is 0.0222. The van der Waals surface area contributed by atoms with Gasteiger partial charge in [-0.3, -0.25) is 0 Å². The molecule has 0 unspecified atom stereocenters. The molecule has 0 spiro atoms. The Balaban J connectivity index is 1.85. The van der Waals surface area contributed by atoms with E-state index >= 15 is 0 Å². The Morgan fingerprint density at radius 3 is 2.70 bits per heavy atom. The summed E-state index contributed by atoms with van der Waals surface area (Å²) in [7, 11) is -3.73. The van der Waals surface area contributed by atoms with Gasteiger partial charge in [-0.2, -0.15) is 0 Å². The van der Waals surface area contributed by atoms with Crippen LogP contribution in [0, 0.1) is 12.8 Å². The van der Waals surface area contributed by atoms with Gasteiger partial charge in [0.2, 0.25) is 10.0 Å². The number of thiophene rings is 1. The molecular formula is C16H18ClNO3S2. The minimum Gasteiger partial charge on any atom is -0.383 e. The number of rotatable bonds is 6. The zero-order valence-corrected chi connectivity index (χ0v) is 15.0. The summed E-state index contributed by atoms with van der Waals surface area (Å²) in [4.78, 5) is 0.944. The van der Waals surface area contributed by atoms with Crippen molar-refractivity contribution in [3.63, 3.8) is 0 Å². The lowest BCUT2D eigenvalue weighted by Gasteiger charge is -2.27. The van der Waals surface area contributed by atoms with Crippen LogP contribution in [0.3, 0.4) is 0 Å². The van der Waals surface area contributed by atoms with Gasteiger partial charge in [-0.25, -0.2) is 13.1 Å². The van der Waals surface area contributed by atoms with Gasteiger partial charge >= 0.3 is 0 Å². The number of hydrogen-bond acceptors (Lipinski definition) is 4. The quantitative estimate of drug-likeness (QED) is 0.818. The van der Waals surface area contributed by atoms with Gasteiger partial charge in [0.1, 0.15) is 5.60 Å². The van der Waals surface area contributed by atoms with Gasteiger partial charge in [-0.15, -0.1) is 11.3 Å². The van der Waals surface area contributed by atoms with Crippen LogP contribution in [0.25, 0.3) is 0 Å². The van der Waals surface area contributed by atoms with E-state index in [9.17, 15) is 13.5 Å². The van der Waals surface area contributed by atoms with Crippen LogP contribution < -0.4 is 4.72 Å². The molecule has 23 heavy (non-hydrogen) atoms. The molecule has 1 fully saturated rings. The van der Waals surface area contributed by atoms with Crippen LogP contribution in [0.4, 0.5) is 0 Å².